The molecule has 3 heterocycles. The number of ether oxygens (including phenoxy) is 1. The average molecular weight is 513 g/mol. The molecule has 0 amide bonds. The first-order valence-electron chi connectivity index (χ1n) is 12.7. The van der Waals surface area contributed by atoms with Gasteiger partial charge in [0.05, 0.1) is 16.8 Å². The molecule has 1 fully saturated rings. The van der Waals surface area contributed by atoms with E-state index >= 15 is 0 Å². The third-order valence-electron chi connectivity index (χ3n) is 7.09. The second kappa shape index (κ2) is 10.2. The first kappa shape index (κ1) is 23.5. The Morgan fingerprint density at radius 1 is 1.03 bits per heavy atom. The summed E-state index contributed by atoms with van der Waals surface area (Å²) in [6, 6.07) is 18.4. The standard InChI is InChI=1S/C29H28N4O3S/c34-28-25(37-29(35)32-28)15-22-16-31-33-26(21-9-5-2-6-10-21)24(17-30-27(22)33)20-11-13-23(14-12-20)36-18-19-7-3-1-4-8-19/h1,3-4,7-8,11-14,16-17,21,34H,2,5-6,9-10,15,18H2,(H,32,35). The molecule has 2 aromatic carbocycles. The molecule has 2 N–H and O–H groups in total. The number of aromatic nitrogens is 4. The van der Waals surface area contributed by atoms with Gasteiger partial charge in [0.15, 0.2) is 5.65 Å². The number of aromatic amines is 1. The smallest absolute Gasteiger partial charge is 0.307 e. The minimum atomic E-state index is -0.265. The van der Waals surface area contributed by atoms with Gasteiger partial charge in [0.25, 0.3) is 0 Å². The zero-order valence-corrected chi connectivity index (χ0v) is 21.2. The van der Waals surface area contributed by atoms with Gasteiger partial charge in [-0.1, -0.05) is 73.1 Å². The highest BCUT2D eigenvalue weighted by Gasteiger charge is 2.25. The van der Waals surface area contributed by atoms with Crippen molar-refractivity contribution in [3.8, 4) is 22.8 Å². The fourth-order valence-electron chi connectivity index (χ4n) is 5.23. The van der Waals surface area contributed by atoms with E-state index in [9.17, 15) is 9.90 Å². The number of nitrogens with zero attached hydrogens (tertiary/aromatic N) is 3. The molecule has 0 unspecified atom stereocenters. The zero-order valence-electron chi connectivity index (χ0n) is 20.4. The topological polar surface area (TPSA) is 92.5 Å². The normalized spacial score (nSPS) is 14.3. The summed E-state index contributed by atoms with van der Waals surface area (Å²) in [7, 11) is 0. The van der Waals surface area contributed by atoms with Gasteiger partial charge in [-0.3, -0.25) is 9.78 Å². The molecule has 0 radical (unpaired) electrons. The lowest BCUT2D eigenvalue weighted by Crippen LogP contribution is -2.13. The average Bonchev–Trinajstić information content (AvgIpc) is 3.49. The number of hydrogen-bond donors (Lipinski definition) is 2. The lowest BCUT2D eigenvalue weighted by atomic mass is 9.84. The maximum Gasteiger partial charge on any atom is 0.307 e. The Hall–Kier alpha value is -3.91. The highest BCUT2D eigenvalue weighted by molar-refractivity contribution is 7.09. The Balaban J connectivity index is 1.34. The van der Waals surface area contributed by atoms with Crippen LogP contribution in [0.15, 0.2) is 71.8 Å². The first-order chi connectivity index (χ1) is 18.2. The van der Waals surface area contributed by atoms with Crippen LogP contribution in [0.2, 0.25) is 0 Å². The second-order valence-electron chi connectivity index (χ2n) is 9.56. The largest absolute Gasteiger partial charge is 0.494 e. The van der Waals surface area contributed by atoms with Crippen LogP contribution >= 0.6 is 11.3 Å². The molecule has 37 heavy (non-hydrogen) atoms. The quantitative estimate of drug-likeness (QED) is 0.276. The number of H-pyrrole nitrogens is 1. The summed E-state index contributed by atoms with van der Waals surface area (Å²) < 4.78 is 7.97. The Kier molecular flexibility index (Phi) is 6.49. The van der Waals surface area contributed by atoms with Crippen LogP contribution in [0, 0.1) is 0 Å². The van der Waals surface area contributed by atoms with E-state index in [1.165, 1.54) is 25.0 Å². The molecule has 1 saturated carbocycles. The Bertz CT molecular complexity index is 1560. The van der Waals surface area contributed by atoms with E-state index in [4.69, 9.17) is 14.8 Å². The fraction of sp³-hybridized carbons (Fsp3) is 0.276. The van der Waals surface area contributed by atoms with Crippen LogP contribution in [-0.2, 0) is 13.0 Å². The molecule has 8 heteroatoms. The molecule has 6 rings (SSSR count). The number of rotatable bonds is 7. The number of benzene rings is 2. The van der Waals surface area contributed by atoms with Crippen molar-refractivity contribution in [1.29, 1.82) is 0 Å². The lowest BCUT2D eigenvalue weighted by molar-refractivity contribution is 0.306. The van der Waals surface area contributed by atoms with Crippen molar-refractivity contribution in [3.05, 3.63) is 98.4 Å². The van der Waals surface area contributed by atoms with E-state index in [2.05, 4.69) is 29.2 Å². The highest BCUT2D eigenvalue weighted by atomic mass is 32.1. The van der Waals surface area contributed by atoms with Crippen LogP contribution < -0.4 is 9.61 Å². The van der Waals surface area contributed by atoms with Crippen LogP contribution in [0.25, 0.3) is 16.8 Å². The van der Waals surface area contributed by atoms with E-state index in [0.29, 0.717) is 23.8 Å². The molecular formula is C29H28N4O3S. The highest BCUT2D eigenvalue weighted by Crippen LogP contribution is 2.39. The monoisotopic (exact) mass is 512 g/mol. The van der Waals surface area contributed by atoms with Crippen LogP contribution in [-0.4, -0.2) is 24.7 Å². The van der Waals surface area contributed by atoms with Gasteiger partial charge in [0, 0.05) is 29.7 Å². The third kappa shape index (κ3) is 4.89. The Labute approximate surface area is 218 Å². The van der Waals surface area contributed by atoms with Gasteiger partial charge in [0.1, 0.15) is 12.4 Å². The van der Waals surface area contributed by atoms with Gasteiger partial charge in [-0.05, 0) is 36.1 Å². The van der Waals surface area contributed by atoms with Crippen molar-refractivity contribution in [3.63, 3.8) is 0 Å². The summed E-state index contributed by atoms with van der Waals surface area (Å²) in [5.41, 5.74) is 6.14. The number of fused-ring (bicyclic) bond motifs is 1. The molecule has 0 spiro atoms. The fourth-order valence-corrected chi connectivity index (χ4v) is 5.98. The van der Waals surface area contributed by atoms with Crippen molar-refractivity contribution < 1.29 is 9.84 Å². The number of aromatic hydroxyl groups is 1. The van der Waals surface area contributed by atoms with Gasteiger partial charge in [0.2, 0.25) is 5.88 Å². The van der Waals surface area contributed by atoms with Gasteiger partial charge in [-0.15, -0.1) is 0 Å². The maximum absolute atomic E-state index is 11.7. The predicted octanol–water partition coefficient (Wildman–Crippen LogP) is 6.07. The van der Waals surface area contributed by atoms with Gasteiger partial charge >= 0.3 is 4.87 Å². The molecule has 0 atom stereocenters. The molecule has 3 aromatic heterocycles. The van der Waals surface area contributed by atoms with Gasteiger partial charge in [-0.2, -0.15) is 5.10 Å². The Morgan fingerprint density at radius 3 is 2.54 bits per heavy atom. The summed E-state index contributed by atoms with van der Waals surface area (Å²) >= 11 is 1.02. The van der Waals surface area contributed by atoms with Crippen LogP contribution in [0.1, 0.15) is 59.7 Å². The molecule has 0 aliphatic heterocycles. The lowest BCUT2D eigenvalue weighted by Gasteiger charge is -2.25. The molecule has 7 nitrogen and oxygen atoms in total. The number of thiazole rings is 1. The van der Waals surface area contributed by atoms with Crippen LogP contribution in [0.3, 0.4) is 0 Å². The van der Waals surface area contributed by atoms with Gasteiger partial charge in [-0.25, -0.2) is 9.50 Å². The first-order valence-corrected chi connectivity index (χ1v) is 13.5. The molecular weight excluding hydrogens is 484 g/mol. The van der Waals surface area contributed by atoms with Crippen molar-refractivity contribution in [1.82, 2.24) is 19.6 Å². The van der Waals surface area contributed by atoms with E-state index in [1.807, 2.05) is 47.2 Å². The van der Waals surface area contributed by atoms with Crippen LogP contribution in [0.5, 0.6) is 11.6 Å². The van der Waals surface area contributed by atoms with E-state index in [1.54, 1.807) is 0 Å². The summed E-state index contributed by atoms with van der Waals surface area (Å²) in [6.45, 7) is 0.530. The molecule has 188 valence electrons. The zero-order chi connectivity index (χ0) is 25.2. The van der Waals surface area contributed by atoms with Crippen molar-refractivity contribution >= 4 is 17.0 Å². The summed E-state index contributed by atoms with van der Waals surface area (Å²) in [4.78, 5) is 19.2. The minimum Gasteiger partial charge on any atom is -0.494 e. The summed E-state index contributed by atoms with van der Waals surface area (Å²) in [6.07, 6.45) is 10.1. The molecule has 5 aromatic rings. The maximum atomic E-state index is 11.7. The van der Waals surface area contributed by atoms with Crippen molar-refractivity contribution in [2.24, 2.45) is 0 Å². The van der Waals surface area contributed by atoms with Crippen LogP contribution in [0.4, 0.5) is 0 Å². The van der Waals surface area contributed by atoms with Crippen molar-refractivity contribution in [2.45, 2.75) is 51.0 Å². The molecule has 0 saturated heterocycles. The SMILES string of the molecule is O=c1[nH]c(O)c(Cc2cnn3c(C4CCCCC4)c(-c4ccc(OCc5ccccc5)cc4)cnc23)s1. The third-order valence-corrected chi connectivity index (χ3v) is 7.97. The van der Waals surface area contributed by atoms with E-state index in [0.717, 1.165) is 57.8 Å². The number of hydrogen-bond acceptors (Lipinski definition) is 6. The van der Waals surface area contributed by atoms with E-state index in [-0.39, 0.29) is 10.8 Å². The minimum absolute atomic E-state index is 0.0759. The summed E-state index contributed by atoms with van der Waals surface area (Å²) in [5, 5.41) is 14.8. The molecule has 1 aliphatic carbocycles. The Morgan fingerprint density at radius 2 is 1.81 bits per heavy atom. The second-order valence-corrected chi connectivity index (χ2v) is 10.6. The summed E-state index contributed by atoms with van der Waals surface area (Å²) in [5.74, 6) is 1.15. The van der Waals surface area contributed by atoms with E-state index < -0.39 is 0 Å². The predicted molar refractivity (Wildman–Crippen MR) is 144 cm³/mol. The van der Waals surface area contributed by atoms with Crippen molar-refractivity contribution in [2.75, 3.05) is 0 Å². The number of nitrogens with one attached hydrogen (secondary N) is 1. The van der Waals surface area contributed by atoms with Gasteiger partial charge < -0.3 is 9.84 Å². The molecule has 1 aliphatic rings. The molecule has 0 bridgehead atoms.